The number of aromatic nitrogens is 1. The van der Waals surface area contributed by atoms with E-state index < -0.39 is 0 Å². The van der Waals surface area contributed by atoms with Crippen LogP contribution in [0.4, 0.5) is 4.39 Å². The molecule has 0 spiro atoms. The summed E-state index contributed by atoms with van der Waals surface area (Å²) in [6.45, 7) is 3.11. The van der Waals surface area contributed by atoms with Crippen molar-refractivity contribution in [3.8, 4) is 0 Å². The topological polar surface area (TPSA) is 22.0 Å². The van der Waals surface area contributed by atoms with E-state index in [2.05, 4.69) is 17.6 Å². The van der Waals surface area contributed by atoms with Gasteiger partial charge in [0.05, 0.1) is 0 Å². The van der Waals surface area contributed by atoms with Gasteiger partial charge in [-0.3, -0.25) is 4.79 Å². The van der Waals surface area contributed by atoms with Gasteiger partial charge in [0, 0.05) is 34.8 Å². The number of rotatable bonds is 7. The van der Waals surface area contributed by atoms with Gasteiger partial charge in [-0.1, -0.05) is 44.4 Å². The molecule has 0 radical (unpaired) electrons. The minimum absolute atomic E-state index is 0.0569. The van der Waals surface area contributed by atoms with Gasteiger partial charge < -0.3 is 4.57 Å². The maximum atomic E-state index is 13.1. The van der Waals surface area contributed by atoms with Crippen molar-refractivity contribution >= 4 is 16.7 Å². The SMILES string of the molecule is CCCCCCn1cc(C(=O)c2ccc(F)cc2)c2ccccc21. The second-order valence-electron chi connectivity index (χ2n) is 6.15. The number of aryl methyl sites for hydroxylation is 1. The highest BCUT2D eigenvalue weighted by Gasteiger charge is 2.16. The lowest BCUT2D eigenvalue weighted by Crippen LogP contribution is -2.01. The molecule has 0 aliphatic heterocycles. The van der Waals surface area contributed by atoms with E-state index in [0.29, 0.717) is 11.1 Å². The maximum absolute atomic E-state index is 13.1. The van der Waals surface area contributed by atoms with Crippen LogP contribution in [0.25, 0.3) is 10.9 Å². The summed E-state index contributed by atoms with van der Waals surface area (Å²) in [5, 5.41) is 0.960. The van der Waals surface area contributed by atoms with E-state index in [9.17, 15) is 9.18 Å². The molecule has 0 saturated carbocycles. The predicted octanol–water partition coefficient (Wildman–Crippen LogP) is 5.59. The quantitative estimate of drug-likeness (QED) is 0.410. The van der Waals surface area contributed by atoms with Crippen LogP contribution in [0.3, 0.4) is 0 Å². The molecule has 0 N–H and O–H groups in total. The molecule has 24 heavy (non-hydrogen) atoms. The number of hydrogen-bond donors (Lipinski definition) is 0. The van der Waals surface area contributed by atoms with Crippen molar-refractivity contribution in [3.05, 3.63) is 71.7 Å². The van der Waals surface area contributed by atoms with Crippen LogP contribution in [0.2, 0.25) is 0 Å². The lowest BCUT2D eigenvalue weighted by molar-refractivity contribution is 0.104. The molecule has 3 aromatic rings. The summed E-state index contributed by atoms with van der Waals surface area (Å²) < 4.78 is 15.3. The van der Waals surface area contributed by atoms with Gasteiger partial charge in [-0.05, 0) is 36.8 Å². The average molecular weight is 323 g/mol. The highest BCUT2D eigenvalue weighted by atomic mass is 19.1. The lowest BCUT2D eigenvalue weighted by atomic mass is 10.0. The minimum Gasteiger partial charge on any atom is -0.347 e. The molecular formula is C21H22FNO. The van der Waals surface area contributed by atoms with Crippen molar-refractivity contribution < 1.29 is 9.18 Å². The van der Waals surface area contributed by atoms with Crippen LogP contribution in [0.15, 0.2) is 54.7 Å². The fraction of sp³-hybridized carbons (Fsp3) is 0.286. The van der Waals surface area contributed by atoms with Gasteiger partial charge in [0.15, 0.2) is 5.78 Å². The second-order valence-corrected chi connectivity index (χ2v) is 6.15. The van der Waals surface area contributed by atoms with Gasteiger partial charge >= 0.3 is 0 Å². The first-order valence-corrected chi connectivity index (χ1v) is 8.59. The number of ketones is 1. The lowest BCUT2D eigenvalue weighted by Gasteiger charge is -2.04. The van der Waals surface area contributed by atoms with Crippen LogP contribution in [-0.2, 0) is 6.54 Å². The van der Waals surface area contributed by atoms with Crippen molar-refractivity contribution in [1.82, 2.24) is 4.57 Å². The summed E-state index contributed by atoms with van der Waals surface area (Å²) in [4.78, 5) is 12.8. The Balaban J connectivity index is 1.93. The Morgan fingerprint density at radius 1 is 1.00 bits per heavy atom. The third kappa shape index (κ3) is 3.40. The molecule has 2 aromatic carbocycles. The Bertz CT molecular complexity index is 833. The largest absolute Gasteiger partial charge is 0.347 e. The van der Waals surface area contributed by atoms with Gasteiger partial charge in [-0.25, -0.2) is 4.39 Å². The number of halogens is 1. The Hall–Kier alpha value is -2.42. The number of hydrogen-bond acceptors (Lipinski definition) is 1. The summed E-state index contributed by atoms with van der Waals surface area (Å²) in [5.74, 6) is -0.386. The van der Waals surface area contributed by atoms with Crippen molar-refractivity contribution in [2.45, 2.75) is 39.2 Å². The molecule has 124 valence electrons. The van der Waals surface area contributed by atoms with Gasteiger partial charge in [0.1, 0.15) is 5.82 Å². The minimum atomic E-state index is -0.329. The zero-order valence-electron chi connectivity index (χ0n) is 14.0. The number of carbonyl (C=O) groups is 1. The Morgan fingerprint density at radius 2 is 1.75 bits per heavy atom. The van der Waals surface area contributed by atoms with Gasteiger partial charge in [-0.15, -0.1) is 0 Å². The van der Waals surface area contributed by atoms with Crippen LogP contribution in [-0.4, -0.2) is 10.4 Å². The molecule has 0 saturated heterocycles. The van der Waals surface area contributed by atoms with Crippen molar-refractivity contribution in [3.63, 3.8) is 0 Å². The maximum Gasteiger partial charge on any atom is 0.195 e. The first kappa shape index (κ1) is 16.4. The highest BCUT2D eigenvalue weighted by molar-refractivity contribution is 6.16. The molecule has 0 unspecified atom stereocenters. The molecular weight excluding hydrogens is 301 g/mol. The Kier molecular flexibility index (Phi) is 5.09. The van der Waals surface area contributed by atoms with Gasteiger partial charge in [-0.2, -0.15) is 0 Å². The van der Waals surface area contributed by atoms with Crippen molar-refractivity contribution in [2.75, 3.05) is 0 Å². The Morgan fingerprint density at radius 3 is 2.50 bits per heavy atom. The highest BCUT2D eigenvalue weighted by Crippen LogP contribution is 2.24. The smallest absolute Gasteiger partial charge is 0.195 e. The standard InChI is InChI=1S/C21H22FNO/c1-2-3-4-7-14-23-15-19(18-8-5-6-9-20(18)23)21(24)16-10-12-17(22)13-11-16/h5-6,8-13,15H,2-4,7,14H2,1H3. The number of unbranched alkanes of at least 4 members (excludes halogenated alkanes) is 3. The second kappa shape index (κ2) is 7.43. The Labute approximate surface area is 141 Å². The van der Waals surface area contributed by atoms with Gasteiger partial charge in [0.2, 0.25) is 0 Å². The van der Waals surface area contributed by atoms with E-state index in [4.69, 9.17) is 0 Å². The molecule has 2 nitrogen and oxygen atoms in total. The van der Waals surface area contributed by atoms with E-state index in [1.54, 1.807) is 12.1 Å². The number of nitrogens with zero attached hydrogens (tertiary/aromatic N) is 1. The van der Waals surface area contributed by atoms with Crippen LogP contribution < -0.4 is 0 Å². The number of carbonyl (C=O) groups excluding carboxylic acids is 1. The monoisotopic (exact) mass is 323 g/mol. The van der Waals surface area contributed by atoms with Crippen molar-refractivity contribution in [2.24, 2.45) is 0 Å². The molecule has 3 heteroatoms. The van der Waals surface area contributed by atoms with E-state index in [1.165, 1.54) is 31.4 Å². The van der Waals surface area contributed by atoms with Crippen LogP contribution in [0.1, 0.15) is 48.5 Å². The van der Waals surface area contributed by atoms with Gasteiger partial charge in [0.25, 0.3) is 0 Å². The summed E-state index contributed by atoms with van der Waals surface area (Å²) in [7, 11) is 0. The average Bonchev–Trinajstić information content (AvgIpc) is 2.98. The molecule has 3 rings (SSSR count). The predicted molar refractivity (Wildman–Crippen MR) is 95.9 cm³/mol. The zero-order valence-corrected chi connectivity index (χ0v) is 14.0. The van der Waals surface area contributed by atoms with Crippen LogP contribution in [0, 0.1) is 5.82 Å². The number of benzene rings is 2. The van der Waals surface area contributed by atoms with Crippen LogP contribution >= 0.6 is 0 Å². The van der Waals surface area contributed by atoms with Crippen molar-refractivity contribution in [1.29, 1.82) is 0 Å². The molecule has 0 bridgehead atoms. The van der Waals surface area contributed by atoms with E-state index >= 15 is 0 Å². The molecule has 0 amide bonds. The third-order valence-corrected chi connectivity index (χ3v) is 4.39. The van der Waals surface area contributed by atoms with E-state index in [-0.39, 0.29) is 11.6 Å². The summed E-state index contributed by atoms with van der Waals surface area (Å²) in [5.41, 5.74) is 2.29. The molecule has 1 heterocycles. The number of fused-ring (bicyclic) bond motifs is 1. The fourth-order valence-electron chi connectivity index (χ4n) is 3.08. The normalized spacial score (nSPS) is 11.1. The van der Waals surface area contributed by atoms with Crippen LogP contribution in [0.5, 0.6) is 0 Å². The van der Waals surface area contributed by atoms with E-state index in [1.807, 2.05) is 24.4 Å². The molecule has 1 aromatic heterocycles. The summed E-state index contributed by atoms with van der Waals surface area (Å²) in [6.07, 6.45) is 6.70. The zero-order chi connectivity index (χ0) is 16.9. The number of para-hydroxylation sites is 1. The molecule has 0 fully saturated rings. The first-order chi connectivity index (χ1) is 11.7. The fourth-order valence-corrected chi connectivity index (χ4v) is 3.08. The summed E-state index contributed by atoms with van der Waals surface area (Å²) >= 11 is 0. The first-order valence-electron chi connectivity index (χ1n) is 8.59. The molecule has 0 aliphatic carbocycles. The molecule has 0 aliphatic rings. The molecule has 0 atom stereocenters. The summed E-state index contributed by atoms with van der Waals surface area (Å²) in [6, 6.07) is 13.7. The van der Waals surface area contributed by atoms with E-state index in [0.717, 1.165) is 23.9 Å². The third-order valence-electron chi connectivity index (χ3n) is 4.39.